The Balaban J connectivity index is 1.75. The fraction of sp³-hybridized carbons (Fsp3) is 0.500. The smallest absolute Gasteiger partial charge is 0.306 e. The van der Waals surface area contributed by atoms with Crippen LogP contribution in [-0.2, 0) is 27.2 Å². The van der Waals surface area contributed by atoms with E-state index in [-0.39, 0.29) is 17.9 Å². The van der Waals surface area contributed by atoms with E-state index in [1.807, 2.05) is 39.1 Å². The summed E-state index contributed by atoms with van der Waals surface area (Å²) in [5.74, 6) is 0.243. The summed E-state index contributed by atoms with van der Waals surface area (Å²) in [7, 11) is 0. The number of benzene rings is 2. The van der Waals surface area contributed by atoms with Crippen LogP contribution < -0.4 is 10.2 Å². The van der Waals surface area contributed by atoms with Gasteiger partial charge >= 0.3 is 5.97 Å². The Labute approximate surface area is 228 Å². The minimum absolute atomic E-state index is 0.00944. The van der Waals surface area contributed by atoms with Crippen LogP contribution in [-0.4, -0.2) is 35.6 Å². The molecule has 6 nitrogen and oxygen atoms in total. The summed E-state index contributed by atoms with van der Waals surface area (Å²) < 4.78 is 5.46. The van der Waals surface area contributed by atoms with Crippen molar-refractivity contribution in [3.05, 3.63) is 65.4 Å². The van der Waals surface area contributed by atoms with Crippen molar-refractivity contribution in [2.75, 3.05) is 18.0 Å². The van der Waals surface area contributed by atoms with Crippen molar-refractivity contribution >= 4 is 28.5 Å². The van der Waals surface area contributed by atoms with E-state index >= 15 is 0 Å². The highest BCUT2D eigenvalue weighted by Gasteiger charge is 2.21. The molecule has 6 heteroatoms. The Morgan fingerprint density at radius 2 is 1.76 bits per heavy atom. The van der Waals surface area contributed by atoms with Crippen LogP contribution in [0, 0.1) is 5.92 Å². The van der Waals surface area contributed by atoms with Crippen LogP contribution in [0.4, 0.5) is 5.69 Å². The van der Waals surface area contributed by atoms with E-state index in [4.69, 9.17) is 4.74 Å². The van der Waals surface area contributed by atoms with E-state index < -0.39 is 5.60 Å². The van der Waals surface area contributed by atoms with Gasteiger partial charge in [0.15, 0.2) is 0 Å². The average Bonchev–Trinajstić information content (AvgIpc) is 3.24. The number of amides is 1. The molecule has 0 aliphatic rings. The number of ether oxygens (including phenoxy) is 1. The summed E-state index contributed by atoms with van der Waals surface area (Å²) >= 11 is 0. The summed E-state index contributed by atoms with van der Waals surface area (Å²) in [5, 5.41) is 4.39. The first-order valence-electron chi connectivity index (χ1n) is 13.9. The third-order valence-corrected chi connectivity index (χ3v) is 6.67. The lowest BCUT2D eigenvalue weighted by Gasteiger charge is -2.29. The number of aromatic nitrogens is 1. The SMILES string of the molecule is CCN(CC)c1ccccc1C(CC(C)C)NC(=O)Cc1ccc2[nH]cc(CCC(=O)OC(C)(C)C)c2c1. The van der Waals surface area contributed by atoms with Crippen LogP contribution in [0.25, 0.3) is 10.9 Å². The van der Waals surface area contributed by atoms with Crippen molar-refractivity contribution in [3.8, 4) is 0 Å². The first-order chi connectivity index (χ1) is 18.0. The predicted molar refractivity (Wildman–Crippen MR) is 157 cm³/mol. The number of para-hydroxylation sites is 1. The first kappa shape index (κ1) is 29.3. The molecule has 0 bridgehead atoms. The van der Waals surface area contributed by atoms with Crippen LogP contribution in [0.3, 0.4) is 0 Å². The van der Waals surface area contributed by atoms with Crippen LogP contribution in [0.1, 0.15) is 84.0 Å². The Morgan fingerprint density at radius 1 is 1.05 bits per heavy atom. The highest BCUT2D eigenvalue weighted by molar-refractivity contribution is 5.86. The van der Waals surface area contributed by atoms with Crippen LogP contribution in [0.2, 0.25) is 0 Å². The number of hydrogen-bond acceptors (Lipinski definition) is 4. The zero-order valence-corrected chi connectivity index (χ0v) is 24.2. The van der Waals surface area contributed by atoms with Gasteiger partial charge in [-0.25, -0.2) is 0 Å². The number of aryl methyl sites for hydroxylation is 1. The fourth-order valence-electron chi connectivity index (χ4n) is 4.97. The van der Waals surface area contributed by atoms with Gasteiger partial charge in [-0.2, -0.15) is 0 Å². The van der Waals surface area contributed by atoms with E-state index in [2.05, 4.69) is 73.2 Å². The molecule has 2 aromatic carbocycles. The van der Waals surface area contributed by atoms with Gasteiger partial charge in [0.2, 0.25) is 5.91 Å². The Bertz CT molecular complexity index is 1220. The van der Waals surface area contributed by atoms with Gasteiger partial charge in [-0.05, 0) is 88.3 Å². The molecule has 0 spiro atoms. The van der Waals surface area contributed by atoms with Gasteiger partial charge < -0.3 is 19.9 Å². The number of carbonyl (C=O) groups is 2. The Morgan fingerprint density at radius 3 is 2.42 bits per heavy atom. The molecule has 0 radical (unpaired) electrons. The fourth-order valence-corrected chi connectivity index (χ4v) is 4.97. The van der Waals surface area contributed by atoms with Crippen molar-refractivity contribution in [3.63, 3.8) is 0 Å². The number of anilines is 1. The molecule has 1 heterocycles. The largest absolute Gasteiger partial charge is 0.460 e. The zero-order valence-electron chi connectivity index (χ0n) is 24.2. The lowest BCUT2D eigenvalue weighted by Crippen LogP contribution is -2.32. The number of nitrogens with zero attached hydrogens (tertiary/aromatic N) is 1. The molecule has 0 aliphatic carbocycles. The standard InChI is InChI=1S/C32H45N3O3/c1-8-35(9-2)29-13-11-10-12-25(29)28(18-22(3)4)34-30(36)20-23-14-16-27-26(19-23)24(21-33-27)15-17-31(37)38-32(5,6)7/h10-14,16,19,21-22,28,33H,8-9,15,17-18,20H2,1-7H3,(H,34,36). The van der Waals surface area contributed by atoms with Gasteiger partial charge in [0.05, 0.1) is 12.5 Å². The molecule has 0 fully saturated rings. The minimum Gasteiger partial charge on any atom is -0.460 e. The van der Waals surface area contributed by atoms with Gasteiger partial charge in [0, 0.05) is 42.3 Å². The number of esters is 1. The third kappa shape index (κ3) is 8.11. The molecule has 1 amide bonds. The van der Waals surface area contributed by atoms with Gasteiger partial charge in [0.25, 0.3) is 0 Å². The van der Waals surface area contributed by atoms with E-state index in [1.165, 1.54) is 11.3 Å². The minimum atomic E-state index is -0.489. The number of fused-ring (bicyclic) bond motifs is 1. The maximum Gasteiger partial charge on any atom is 0.306 e. The van der Waals surface area contributed by atoms with Crippen molar-refractivity contribution in [1.82, 2.24) is 10.3 Å². The number of hydrogen-bond donors (Lipinski definition) is 2. The van der Waals surface area contributed by atoms with E-state index in [9.17, 15) is 9.59 Å². The Kier molecular flexibility index (Phi) is 10.0. The topological polar surface area (TPSA) is 74.4 Å². The second-order valence-corrected chi connectivity index (χ2v) is 11.4. The number of aromatic amines is 1. The van der Waals surface area contributed by atoms with E-state index in [1.54, 1.807) is 0 Å². The summed E-state index contributed by atoms with van der Waals surface area (Å²) in [4.78, 5) is 31.2. The molecule has 1 aromatic heterocycles. The molecule has 206 valence electrons. The van der Waals surface area contributed by atoms with Crippen molar-refractivity contribution in [1.29, 1.82) is 0 Å². The highest BCUT2D eigenvalue weighted by atomic mass is 16.6. The molecule has 3 rings (SSSR count). The van der Waals surface area contributed by atoms with E-state index in [0.29, 0.717) is 25.2 Å². The summed E-state index contributed by atoms with van der Waals surface area (Å²) in [6.07, 6.45) is 4.02. The molecule has 3 aromatic rings. The maximum absolute atomic E-state index is 13.3. The van der Waals surface area contributed by atoms with Gasteiger partial charge in [0.1, 0.15) is 5.60 Å². The second-order valence-electron chi connectivity index (χ2n) is 11.4. The number of carbonyl (C=O) groups excluding carboxylic acids is 2. The normalized spacial score (nSPS) is 12.5. The Hall–Kier alpha value is -3.28. The zero-order chi connectivity index (χ0) is 27.9. The number of nitrogens with one attached hydrogen (secondary N) is 2. The molecule has 1 atom stereocenters. The summed E-state index contributed by atoms with van der Waals surface area (Å²) in [6.45, 7) is 16.2. The third-order valence-electron chi connectivity index (χ3n) is 6.67. The molecule has 2 N–H and O–H groups in total. The first-order valence-corrected chi connectivity index (χ1v) is 13.9. The van der Waals surface area contributed by atoms with Gasteiger partial charge in [-0.1, -0.05) is 38.1 Å². The van der Waals surface area contributed by atoms with Crippen LogP contribution in [0.5, 0.6) is 0 Å². The highest BCUT2D eigenvalue weighted by Crippen LogP contribution is 2.31. The molecule has 1 unspecified atom stereocenters. The van der Waals surface area contributed by atoms with Crippen molar-refractivity contribution in [2.24, 2.45) is 5.92 Å². The summed E-state index contributed by atoms with van der Waals surface area (Å²) in [6, 6.07) is 14.4. The lowest BCUT2D eigenvalue weighted by molar-refractivity contribution is -0.154. The second kappa shape index (κ2) is 13.0. The number of H-pyrrole nitrogens is 1. The van der Waals surface area contributed by atoms with Crippen LogP contribution in [0.15, 0.2) is 48.7 Å². The molecule has 38 heavy (non-hydrogen) atoms. The molecule has 0 saturated carbocycles. The quantitative estimate of drug-likeness (QED) is 0.260. The summed E-state index contributed by atoms with van der Waals surface area (Å²) in [5.41, 5.74) is 4.87. The number of rotatable bonds is 12. The van der Waals surface area contributed by atoms with Crippen molar-refractivity contribution < 1.29 is 14.3 Å². The molecular weight excluding hydrogens is 474 g/mol. The van der Waals surface area contributed by atoms with Gasteiger partial charge in [-0.3, -0.25) is 9.59 Å². The van der Waals surface area contributed by atoms with Crippen molar-refractivity contribution in [2.45, 2.75) is 85.8 Å². The van der Waals surface area contributed by atoms with E-state index in [0.717, 1.165) is 41.5 Å². The van der Waals surface area contributed by atoms with Crippen LogP contribution >= 0.6 is 0 Å². The lowest BCUT2D eigenvalue weighted by atomic mass is 9.94. The predicted octanol–water partition coefficient (Wildman–Crippen LogP) is 6.73. The van der Waals surface area contributed by atoms with Gasteiger partial charge in [-0.15, -0.1) is 0 Å². The monoisotopic (exact) mass is 519 g/mol. The molecular formula is C32H45N3O3. The average molecular weight is 520 g/mol. The molecule has 0 saturated heterocycles. The maximum atomic E-state index is 13.3. The molecule has 0 aliphatic heterocycles.